The number of benzene rings is 2. The molecule has 4 heteroatoms. The minimum absolute atomic E-state index is 0.179. The maximum atomic E-state index is 12.8. The molecule has 2 nitrogen and oxygen atoms in total. The third-order valence-electron chi connectivity index (χ3n) is 3.94. The summed E-state index contributed by atoms with van der Waals surface area (Å²) in [5.74, 6) is 0. The van der Waals surface area contributed by atoms with Crippen LogP contribution in [-0.2, 0) is 21.1 Å². The summed E-state index contributed by atoms with van der Waals surface area (Å²) in [5.41, 5.74) is 0.862. The quantitative estimate of drug-likeness (QED) is 0.677. The zero-order valence-corrected chi connectivity index (χ0v) is 17.6. The standard InChI is InChI=1S/C20H26O2SSe/c1-19(2,3)23(21)17-13-9-10-14-18(17)24-15-20(4,22-5)16-11-7-6-8-12-16/h6-14H,15H2,1-5H3. The summed E-state index contributed by atoms with van der Waals surface area (Å²) in [7, 11) is 0.754. The van der Waals surface area contributed by atoms with Gasteiger partial charge in [-0.05, 0) is 0 Å². The van der Waals surface area contributed by atoms with Crippen molar-refractivity contribution in [3.05, 3.63) is 60.2 Å². The molecular weight excluding hydrogens is 383 g/mol. The fraction of sp³-hybridized carbons (Fsp3) is 0.400. The molecule has 0 heterocycles. The zero-order valence-electron chi connectivity index (χ0n) is 15.0. The van der Waals surface area contributed by atoms with E-state index >= 15 is 0 Å². The average molecular weight is 409 g/mol. The average Bonchev–Trinajstić information content (AvgIpc) is 2.59. The summed E-state index contributed by atoms with van der Waals surface area (Å²) in [4.78, 5) is 0.969. The van der Waals surface area contributed by atoms with Crippen LogP contribution in [0.3, 0.4) is 0 Å². The van der Waals surface area contributed by atoms with Gasteiger partial charge in [0.25, 0.3) is 0 Å². The van der Waals surface area contributed by atoms with E-state index in [9.17, 15) is 4.21 Å². The molecule has 0 spiro atoms. The van der Waals surface area contributed by atoms with Crippen molar-refractivity contribution >= 4 is 30.2 Å². The molecule has 130 valence electrons. The van der Waals surface area contributed by atoms with Crippen LogP contribution < -0.4 is 4.46 Å². The van der Waals surface area contributed by atoms with E-state index in [1.54, 1.807) is 7.11 Å². The number of hydrogen-bond acceptors (Lipinski definition) is 2. The second kappa shape index (κ2) is 7.97. The van der Waals surface area contributed by atoms with Crippen LogP contribution in [0.1, 0.15) is 33.3 Å². The Morgan fingerprint density at radius 1 is 0.958 bits per heavy atom. The van der Waals surface area contributed by atoms with Crippen LogP contribution in [0.5, 0.6) is 0 Å². The molecule has 0 aliphatic heterocycles. The van der Waals surface area contributed by atoms with Crippen molar-refractivity contribution in [3.63, 3.8) is 0 Å². The molecule has 2 rings (SSSR count). The molecule has 0 aromatic heterocycles. The van der Waals surface area contributed by atoms with E-state index in [0.717, 1.165) is 10.2 Å². The third-order valence-corrected chi connectivity index (χ3v) is 8.96. The molecule has 2 atom stereocenters. The van der Waals surface area contributed by atoms with Crippen molar-refractivity contribution in [2.75, 3.05) is 7.11 Å². The van der Waals surface area contributed by atoms with E-state index in [0.29, 0.717) is 0 Å². The molecule has 0 fully saturated rings. The molecule has 0 aliphatic carbocycles. The molecule has 0 radical (unpaired) electrons. The molecule has 2 aromatic carbocycles. The van der Waals surface area contributed by atoms with Gasteiger partial charge in [0.1, 0.15) is 0 Å². The molecule has 0 amide bonds. The van der Waals surface area contributed by atoms with E-state index in [2.05, 4.69) is 25.1 Å². The van der Waals surface area contributed by atoms with Crippen LogP contribution in [0.2, 0.25) is 5.32 Å². The first-order valence-electron chi connectivity index (χ1n) is 8.02. The summed E-state index contributed by atoms with van der Waals surface area (Å²) in [6.07, 6.45) is 0. The Hall–Kier alpha value is -0.931. The Kier molecular flexibility index (Phi) is 6.44. The summed E-state index contributed by atoms with van der Waals surface area (Å²) < 4.78 is 19.6. The van der Waals surface area contributed by atoms with Gasteiger partial charge in [-0.1, -0.05) is 0 Å². The van der Waals surface area contributed by atoms with E-state index in [4.69, 9.17) is 4.74 Å². The maximum absolute atomic E-state index is 12.8. The summed E-state index contributed by atoms with van der Waals surface area (Å²) in [6.45, 7) is 8.20. The van der Waals surface area contributed by atoms with Gasteiger partial charge in [0, 0.05) is 0 Å². The first-order chi connectivity index (χ1) is 11.3. The van der Waals surface area contributed by atoms with Gasteiger partial charge in [0.15, 0.2) is 0 Å². The van der Waals surface area contributed by atoms with Crippen LogP contribution in [0, 0.1) is 0 Å². The predicted octanol–water partition coefficient (Wildman–Crippen LogP) is 3.90. The second-order valence-corrected chi connectivity index (χ2v) is 11.3. The normalized spacial score (nSPS) is 15.7. The van der Waals surface area contributed by atoms with E-state index in [1.165, 1.54) is 10.0 Å². The summed E-state index contributed by atoms with van der Waals surface area (Å²) >= 11 is 0.179. The Morgan fingerprint density at radius 2 is 1.54 bits per heavy atom. The Morgan fingerprint density at radius 3 is 2.12 bits per heavy atom. The predicted molar refractivity (Wildman–Crippen MR) is 104 cm³/mol. The van der Waals surface area contributed by atoms with Crippen molar-refractivity contribution in [2.45, 2.75) is 48.3 Å². The molecule has 0 aliphatic rings. The van der Waals surface area contributed by atoms with Crippen LogP contribution in [0.15, 0.2) is 59.5 Å². The monoisotopic (exact) mass is 410 g/mol. The van der Waals surface area contributed by atoms with Gasteiger partial charge >= 0.3 is 155 Å². The third kappa shape index (κ3) is 4.57. The van der Waals surface area contributed by atoms with Gasteiger partial charge in [-0.15, -0.1) is 0 Å². The molecular formula is C20H26O2SSe. The van der Waals surface area contributed by atoms with Gasteiger partial charge < -0.3 is 0 Å². The van der Waals surface area contributed by atoms with Crippen molar-refractivity contribution in [3.8, 4) is 0 Å². The molecule has 0 saturated heterocycles. The van der Waals surface area contributed by atoms with Gasteiger partial charge in [-0.2, -0.15) is 0 Å². The van der Waals surface area contributed by atoms with Gasteiger partial charge in [-0.3, -0.25) is 0 Å². The molecule has 24 heavy (non-hydrogen) atoms. The first kappa shape index (κ1) is 19.4. The van der Waals surface area contributed by atoms with Gasteiger partial charge in [0.2, 0.25) is 0 Å². The number of rotatable bonds is 6. The summed E-state index contributed by atoms with van der Waals surface area (Å²) in [5, 5.41) is 0.902. The van der Waals surface area contributed by atoms with Crippen molar-refractivity contribution in [1.82, 2.24) is 0 Å². The minimum atomic E-state index is -1.01. The fourth-order valence-corrected chi connectivity index (χ4v) is 6.52. The SMILES string of the molecule is COC(C)(C[Se]c1ccccc1S(=O)C(C)(C)C)c1ccccc1. The first-order valence-corrected chi connectivity index (χ1v) is 11.2. The molecule has 0 saturated carbocycles. The summed E-state index contributed by atoms with van der Waals surface area (Å²) in [6, 6.07) is 18.5. The molecule has 0 N–H and O–H groups in total. The van der Waals surface area contributed by atoms with Crippen LogP contribution in [-0.4, -0.2) is 31.0 Å². The molecule has 0 bridgehead atoms. The van der Waals surface area contributed by atoms with Crippen molar-refractivity contribution in [2.24, 2.45) is 0 Å². The van der Waals surface area contributed by atoms with Crippen LogP contribution >= 0.6 is 0 Å². The van der Waals surface area contributed by atoms with Gasteiger partial charge in [0.05, 0.1) is 0 Å². The van der Waals surface area contributed by atoms with E-state index in [1.807, 2.05) is 57.2 Å². The number of methoxy groups -OCH3 is 1. The van der Waals surface area contributed by atoms with Crippen LogP contribution in [0.25, 0.3) is 0 Å². The van der Waals surface area contributed by atoms with Gasteiger partial charge in [-0.25, -0.2) is 0 Å². The van der Waals surface area contributed by atoms with Crippen molar-refractivity contribution < 1.29 is 8.95 Å². The van der Waals surface area contributed by atoms with E-state index in [-0.39, 0.29) is 25.3 Å². The second-order valence-electron chi connectivity index (χ2n) is 6.92. The topological polar surface area (TPSA) is 26.3 Å². The van der Waals surface area contributed by atoms with E-state index < -0.39 is 10.8 Å². The Bertz CT molecular complexity index is 694. The number of ether oxygens (including phenoxy) is 1. The van der Waals surface area contributed by atoms with Crippen molar-refractivity contribution in [1.29, 1.82) is 0 Å². The fourth-order valence-electron chi connectivity index (χ4n) is 2.32. The molecule has 2 aromatic rings. The molecule has 2 unspecified atom stereocenters. The Labute approximate surface area is 154 Å². The zero-order chi connectivity index (χ0) is 17.8. The number of hydrogen-bond donors (Lipinski definition) is 0. The van der Waals surface area contributed by atoms with Crippen LogP contribution in [0.4, 0.5) is 0 Å². The Balaban J connectivity index is 2.25.